The Morgan fingerprint density at radius 1 is 1.00 bits per heavy atom. The summed E-state index contributed by atoms with van der Waals surface area (Å²) in [6, 6.07) is 15.2. The minimum Gasteiger partial charge on any atom is -0.301 e. The van der Waals surface area contributed by atoms with Crippen LogP contribution in [0.3, 0.4) is 0 Å². The molecular formula is C19H21N3O4S. The van der Waals surface area contributed by atoms with Gasteiger partial charge in [0.05, 0.1) is 17.4 Å². The smallest absolute Gasteiger partial charge is 0.246 e. The summed E-state index contributed by atoms with van der Waals surface area (Å²) in [7, 11) is -3.73. The van der Waals surface area contributed by atoms with Gasteiger partial charge in [0.25, 0.3) is 0 Å². The molecule has 0 bridgehead atoms. The summed E-state index contributed by atoms with van der Waals surface area (Å²) in [6.45, 7) is 0.712. The second-order valence-electron chi connectivity index (χ2n) is 6.45. The molecule has 8 heteroatoms. The normalized spacial score (nSPS) is 17.5. The number of nitrogens with one attached hydrogen (secondary N) is 1. The summed E-state index contributed by atoms with van der Waals surface area (Å²) in [6.07, 6.45) is 0.753. The van der Waals surface area contributed by atoms with E-state index < -0.39 is 16.1 Å². The molecule has 1 aliphatic heterocycles. The Bertz CT molecular complexity index is 927. The van der Waals surface area contributed by atoms with Crippen LogP contribution in [0.4, 0.5) is 0 Å². The summed E-state index contributed by atoms with van der Waals surface area (Å²) in [4.78, 5) is 26.0. The van der Waals surface area contributed by atoms with Gasteiger partial charge in [-0.3, -0.25) is 14.5 Å². The largest absolute Gasteiger partial charge is 0.301 e. The molecule has 0 aromatic heterocycles. The Balaban J connectivity index is 1.55. The first kappa shape index (κ1) is 19.2. The van der Waals surface area contributed by atoms with E-state index >= 15 is 0 Å². The number of amides is 2. The Morgan fingerprint density at radius 2 is 1.67 bits per heavy atom. The number of imide groups is 1. The maximum Gasteiger partial charge on any atom is 0.246 e. The zero-order valence-electron chi connectivity index (χ0n) is 14.7. The van der Waals surface area contributed by atoms with E-state index in [-0.39, 0.29) is 23.1 Å². The van der Waals surface area contributed by atoms with Crippen LogP contribution in [0, 0.1) is 0 Å². The van der Waals surface area contributed by atoms with Crippen molar-refractivity contribution in [2.75, 3.05) is 6.54 Å². The lowest BCUT2D eigenvalue weighted by Gasteiger charge is -2.15. The number of carbonyl (C=O) groups is 2. The van der Waals surface area contributed by atoms with Crippen LogP contribution in [0.15, 0.2) is 59.5 Å². The lowest BCUT2D eigenvalue weighted by molar-refractivity contribution is -0.138. The van der Waals surface area contributed by atoms with E-state index in [4.69, 9.17) is 5.14 Å². The molecule has 0 aliphatic carbocycles. The lowest BCUT2D eigenvalue weighted by atomic mass is 10.1. The highest BCUT2D eigenvalue weighted by atomic mass is 32.2. The van der Waals surface area contributed by atoms with Gasteiger partial charge in [0.15, 0.2) is 0 Å². The van der Waals surface area contributed by atoms with Crippen LogP contribution in [0.2, 0.25) is 0 Å². The molecule has 27 heavy (non-hydrogen) atoms. The van der Waals surface area contributed by atoms with Crippen LogP contribution >= 0.6 is 0 Å². The van der Waals surface area contributed by atoms with Crippen molar-refractivity contribution in [3.05, 3.63) is 65.7 Å². The van der Waals surface area contributed by atoms with Crippen LogP contribution in [0.25, 0.3) is 0 Å². The first-order valence-electron chi connectivity index (χ1n) is 8.58. The van der Waals surface area contributed by atoms with Gasteiger partial charge in [-0.15, -0.1) is 0 Å². The molecule has 3 rings (SSSR count). The molecule has 1 atom stereocenters. The van der Waals surface area contributed by atoms with Gasteiger partial charge >= 0.3 is 0 Å². The van der Waals surface area contributed by atoms with E-state index in [0.717, 1.165) is 11.1 Å². The van der Waals surface area contributed by atoms with Crippen LogP contribution in [0.5, 0.6) is 0 Å². The number of nitrogens with two attached hydrogens (primary N) is 1. The summed E-state index contributed by atoms with van der Waals surface area (Å²) < 4.78 is 22.5. The first-order chi connectivity index (χ1) is 12.8. The first-order valence-corrected chi connectivity index (χ1v) is 10.1. The number of benzene rings is 2. The second-order valence-corrected chi connectivity index (χ2v) is 8.01. The summed E-state index contributed by atoms with van der Waals surface area (Å²) >= 11 is 0. The highest BCUT2D eigenvalue weighted by Gasteiger charge is 2.37. The Kier molecular flexibility index (Phi) is 5.69. The minimum absolute atomic E-state index is 0.0328. The van der Waals surface area contributed by atoms with Gasteiger partial charge < -0.3 is 5.32 Å². The molecule has 0 saturated carbocycles. The number of hydrogen-bond acceptors (Lipinski definition) is 5. The van der Waals surface area contributed by atoms with Gasteiger partial charge in [0.1, 0.15) is 0 Å². The number of likely N-dealkylation sites (tertiary alicyclic amines) is 1. The van der Waals surface area contributed by atoms with Crippen molar-refractivity contribution in [3.63, 3.8) is 0 Å². The number of hydrogen-bond donors (Lipinski definition) is 2. The van der Waals surface area contributed by atoms with Gasteiger partial charge in [0, 0.05) is 13.1 Å². The Labute approximate surface area is 158 Å². The number of primary sulfonamides is 1. The Hall–Kier alpha value is -2.55. The van der Waals surface area contributed by atoms with E-state index in [1.54, 1.807) is 12.1 Å². The van der Waals surface area contributed by atoms with Crippen molar-refractivity contribution < 1.29 is 18.0 Å². The number of nitrogens with zero attached hydrogens (tertiary/aromatic N) is 1. The number of rotatable bonds is 7. The second kappa shape index (κ2) is 7.99. The molecule has 142 valence electrons. The van der Waals surface area contributed by atoms with Crippen LogP contribution in [0.1, 0.15) is 17.5 Å². The third kappa shape index (κ3) is 4.79. The average molecular weight is 387 g/mol. The van der Waals surface area contributed by atoms with Crippen LogP contribution in [-0.2, 0) is 32.6 Å². The highest BCUT2D eigenvalue weighted by Crippen LogP contribution is 2.15. The molecular weight excluding hydrogens is 366 g/mol. The fourth-order valence-corrected chi connectivity index (χ4v) is 3.52. The van der Waals surface area contributed by atoms with Crippen LogP contribution < -0.4 is 10.5 Å². The quantitative estimate of drug-likeness (QED) is 0.683. The predicted octanol–water partition coefficient (Wildman–Crippen LogP) is 0.794. The molecule has 1 saturated heterocycles. The molecule has 2 aromatic rings. The molecule has 1 fully saturated rings. The fraction of sp³-hybridized carbons (Fsp3) is 0.263. The SMILES string of the molecule is NS(=O)(=O)c1ccc(CN[C@H]2CC(=O)N(CCc3ccccc3)C2=O)cc1. The number of sulfonamides is 1. The molecule has 2 aromatic carbocycles. The lowest BCUT2D eigenvalue weighted by Crippen LogP contribution is -2.39. The third-order valence-electron chi connectivity index (χ3n) is 4.52. The average Bonchev–Trinajstić information content (AvgIpc) is 2.92. The zero-order valence-corrected chi connectivity index (χ0v) is 15.5. The monoisotopic (exact) mass is 387 g/mol. The molecule has 7 nitrogen and oxygen atoms in total. The Morgan fingerprint density at radius 3 is 2.30 bits per heavy atom. The molecule has 0 spiro atoms. The predicted molar refractivity (Wildman–Crippen MR) is 99.9 cm³/mol. The van der Waals surface area contributed by atoms with Crippen molar-refractivity contribution in [2.45, 2.75) is 30.3 Å². The van der Waals surface area contributed by atoms with E-state index in [2.05, 4.69) is 5.32 Å². The van der Waals surface area contributed by atoms with Crippen molar-refractivity contribution in [1.82, 2.24) is 10.2 Å². The maximum absolute atomic E-state index is 12.5. The van der Waals surface area contributed by atoms with E-state index in [1.807, 2.05) is 30.3 Å². The molecule has 3 N–H and O–H groups in total. The van der Waals surface area contributed by atoms with Gasteiger partial charge in [-0.1, -0.05) is 42.5 Å². The van der Waals surface area contributed by atoms with Gasteiger partial charge in [-0.25, -0.2) is 13.6 Å². The number of carbonyl (C=O) groups excluding carboxylic acids is 2. The molecule has 0 radical (unpaired) electrons. The summed E-state index contributed by atoms with van der Waals surface area (Å²) in [5.74, 6) is -0.407. The summed E-state index contributed by atoms with van der Waals surface area (Å²) in [5.41, 5.74) is 1.87. The van der Waals surface area contributed by atoms with Gasteiger partial charge in [0.2, 0.25) is 21.8 Å². The van der Waals surface area contributed by atoms with Crippen molar-refractivity contribution in [1.29, 1.82) is 0 Å². The van der Waals surface area contributed by atoms with Gasteiger partial charge in [-0.05, 0) is 29.7 Å². The van der Waals surface area contributed by atoms with E-state index in [1.165, 1.54) is 17.0 Å². The highest BCUT2D eigenvalue weighted by molar-refractivity contribution is 7.89. The topological polar surface area (TPSA) is 110 Å². The molecule has 1 aliphatic rings. The minimum atomic E-state index is -3.73. The fourth-order valence-electron chi connectivity index (χ4n) is 3.00. The van der Waals surface area contributed by atoms with Crippen LogP contribution in [-0.4, -0.2) is 37.7 Å². The third-order valence-corrected chi connectivity index (χ3v) is 5.44. The van der Waals surface area contributed by atoms with Crippen molar-refractivity contribution in [3.8, 4) is 0 Å². The van der Waals surface area contributed by atoms with E-state index in [9.17, 15) is 18.0 Å². The summed E-state index contributed by atoms with van der Waals surface area (Å²) in [5, 5.41) is 8.14. The van der Waals surface area contributed by atoms with Crippen molar-refractivity contribution >= 4 is 21.8 Å². The standard InChI is InChI=1S/C19H21N3O4S/c20-27(25,26)16-8-6-15(7-9-16)13-21-17-12-18(23)22(19(17)24)11-10-14-4-2-1-3-5-14/h1-9,17,21H,10-13H2,(H2,20,25,26)/t17-/m0/s1. The zero-order chi connectivity index (χ0) is 19.4. The maximum atomic E-state index is 12.5. The molecule has 0 unspecified atom stereocenters. The van der Waals surface area contributed by atoms with Gasteiger partial charge in [-0.2, -0.15) is 0 Å². The van der Waals surface area contributed by atoms with Crippen molar-refractivity contribution in [2.24, 2.45) is 5.14 Å². The molecule has 1 heterocycles. The van der Waals surface area contributed by atoms with E-state index in [0.29, 0.717) is 19.5 Å². The molecule has 2 amide bonds.